The van der Waals surface area contributed by atoms with E-state index in [1.807, 2.05) is 13.8 Å². The van der Waals surface area contributed by atoms with Crippen LogP contribution in [0.15, 0.2) is 0 Å². The van der Waals surface area contributed by atoms with Crippen molar-refractivity contribution in [1.82, 2.24) is 5.32 Å². The maximum atomic E-state index is 11.6. The van der Waals surface area contributed by atoms with Gasteiger partial charge in [-0.1, -0.05) is 34.1 Å². The average molecular weight is 197 g/mol. The van der Waals surface area contributed by atoms with E-state index in [9.17, 15) is 4.79 Å². The molecular formula is C12H23NO. The minimum Gasteiger partial charge on any atom is -0.353 e. The molecule has 14 heavy (non-hydrogen) atoms. The van der Waals surface area contributed by atoms with Gasteiger partial charge in [0.25, 0.3) is 0 Å². The van der Waals surface area contributed by atoms with Crippen LogP contribution in [0.2, 0.25) is 0 Å². The molecule has 0 aromatic rings. The number of hydrogen-bond acceptors (Lipinski definition) is 1. The second-order valence-electron chi connectivity index (χ2n) is 5.11. The van der Waals surface area contributed by atoms with Crippen molar-refractivity contribution in [3.63, 3.8) is 0 Å². The Labute approximate surface area is 87.5 Å². The van der Waals surface area contributed by atoms with Crippen LogP contribution in [0.4, 0.5) is 0 Å². The van der Waals surface area contributed by atoms with Gasteiger partial charge in [0.05, 0.1) is 0 Å². The average Bonchev–Trinajstić information content (AvgIpc) is 2.52. The van der Waals surface area contributed by atoms with Crippen molar-refractivity contribution in [3.05, 3.63) is 0 Å². The molecular weight excluding hydrogens is 174 g/mol. The lowest BCUT2D eigenvalue weighted by Gasteiger charge is -2.24. The molecule has 1 aliphatic carbocycles. The van der Waals surface area contributed by atoms with Gasteiger partial charge in [0.15, 0.2) is 0 Å². The number of hydrogen-bond donors (Lipinski definition) is 1. The van der Waals surface area contributed by atoms with E-state index < -0.39 is 0 Å². The Morgan fingerprint density at radius 1 is 1.21 bits per heavy atom. The van der Waals surface area contributed by atoms with Gasteiger partial charge in [-0.05, 0) is 24.7 Å². The summed E-state index contributed by atoms with van der Waals surface area (Å²) in [5.74, 6) is 1.71. The molecule has 0 aliphatic heterocycles. The predicted octanol–water partition coefficient (Wildman–Crippen LogP) is 2.58. The molecule has 0 spiro atoms. The van der Waals surface area contributed by atoms with Crippen molar-refractivity contribution < 1.29 is 4.79 Å². The maximum absolute atomic E-state index is 11.6. The number of nitrogens with one attached hydrogen (secondary N) is 1. The first-order valence-electron chi connectivity index (χ1n) is 5.82. The summed E-state index contributed by atoms with van der Waals surface area (Å²) in [4.78, 5) is 11.6. The largest absolute Gasteiger partial charge is 0.353 e. The zero-order valence-corrected chi connectivity index (χ0v) is 9.84. The Morgan fingerprint density at radius 3 is 2.36 bits per heavy atom. The standard InChI is InChI=1S/C12H23NO/c1-8(2)10-6-5-7-11(10)13-12(14)9(3)4/h8-11H,5-7H2,1-4H3,(H,13,14). The highest BCUT2D eigenvalue weighted by Crippen LogP contribution is 2.31. The SMILES string of the molecule is CC(C)C(=O)NC1CCCC1C(C)C. The number of rotatable bonds is 3. The van der Waals surface area contributed by atoms with Gasteiger partial charge in [-0.25, -0.2) is 0 Å². The molecule has 0 bridgehead atoms. The molecule has 0 aromatic heterocycles. The molecule has 0 radical (unpaired) electrons. The number of carbonyl (C=O) groups is 1. The van der Waals surface area contributed by atoms with Crippen molar-refractivity contribution >= 4 is 5.91 Å². The fraction of sp³-hybridized carbons (Fsp3) is 0.917. The fourth-order valence-electron chi connectivity index (χ4n) is 2.32. The highest BCUT2D eigenvalue weighted by molar-refractivity contribution is 5.78. The summed E-state index contributed by atoms with van der Waals surface area (Å²) in [5, 5.41) is 3.17. The molecule has 1 rings (SSSR count). The van der Waals surface area contributed by atoms with E-state index in [1.165, 1.54) is 19.3 Å². The van der Waals surface area contributed by atoms with Crippen LogP contribution in [0.3, 0.4) is 0 Å². The van der Waals surface area contributed by atoms with Gasteiger partial charge in [0.2, 0.25) is 5.91 Å². The van der Waals surface area contributed by atoms with E-state index in [0.717, 1.165) is 0 Å². The Kier molecular flexibility index (Phi) is 3.97. The number of amides is 1. The fourth-order valence-corrected chi connectivity index (χ4v) is 2.32. The van der Waals surface area contributed by atoms with E-state index in [1.54, 1.807) is 0 Å². The molecule has 0 saturated heterocycles. The first kappa shape index (κ1) is 11.5. The summed E-state index contributed by atoms with van der Waals surface area (Å²) in [5.41, 5.74) is 0. The van der Waals surface area contributed by atoms with Crippen LogP contribution >= 0.6 is 0 Å². The van der Waals surface area contributed by atoms with Crippen molar-refractivity contribution in [2.75, 3.05) is 0 Å². The monoisotopic (exact) mass is 197 g/mol. The Hall–Kier alpha value is -0.530. The highest BCUT2D eigenvalue weighted by Gasteiger charge is 2.30. The van der Waals surface area contributed by atoms with Crippen molar-refractivity contribution in [1.29, 1.82) is 0 Å². The van der Waals surface area contributed by atoms with E-state index in [0.29, 0.717) is 17.9 Å². The second kappa shape index (κ2) is 4.81. The second-order valence-corrected chi connectivity index (χ2v) is 5.11. The smallest absolute Gasteiger partial charge is 0.222 e. The lowest BCUT2D eigenvalue weighted by atomic mass is 9.91. The molecule has 2 nitrogen and oxygen atoms in total. The van der Waals surface area contributed by atoms with Gasteiger partial charge in [-0.15, -0.1) is 0 Å². The van der Waals surface area contributed by atoms with Crippen LogP contribution < -0.4 is 5.32 Å². The van der Waals surface area contributed by atoms with Gasteiger partial charge >= 0.3 is 0 Å². The van der Waals surface area contributed by atoms with Crippen molar-refractivity contribution in [3.8, 4) is 0 Å². The third-order valence-electron chi connectivity index (χ3n) is 3.28. The molecule has 82 valence electrons. The Balaban J connectivity index is 2.47. The Morgan fingerprint density at radius 2 is 1.86 bits per heavy atom. The lowest BCUT2D eigenvalue weighted by molar-refractivity contribution is -0.125. The summed E-state index contributed by atoms with van der Waals surface area (Å²) in [6.45, 7) is 8.42. The molecule has 1 fully saturated rings. The van der Waals surface area contributed by atoms with Gasteiger partial charge in [0.1, 0.15) is 0 Å². The van der Waals surface area contributed by atoms with Crippen LogP contribution in [0, 0.1) is 17.8 Å². The van der Waals surface area contributed by atoms with Crippen LogP contribution in [-0.4, -0.2) is 11.9 Å². The van der Waals surface area contributed by atoms with Gasteiger partial charge < -0.3 is 5.32 Å². The zero-order chi connectivity index (χ0) is 10.7. The summed E-state index contributed by atoms with van der Waals surface area (Å²) in [7, 11) is 0. The maximum Gasteiger partial charge on any atom is 0.222 e. The quantitative estimate of drug-likeness (QED) is 0.740. The normalized spacial score (nSPS) is 27.3. The summed E-state index contributed by atoms with van der Waals surface area (Å²) in [6, 6.07) is 0.435. The zero-order valence-electron chi connectivity index (χ0n) is 9.84. The Bertz CT molecular complexity index is 198. The van der Waals surface area contributed by atoms with Crippen LogP contribution in [0.1, 0.15) is 47.0 Å². The topological polar surface area (TPSA) is 29.1 Å². The van der Waals surface area contributed by atoms with Crippen molar-refractivity contribution in [2.45, 2.75) is 53.0 Å². The molecule has 1 N–H and O–H groups in total. The van der Waals surface area contributed by atoms with Crippen LogP contribution in [0.5, 0.6) is 0 Å². The van der Waals surface area contributed by atoms with Gasteiger partial charge in [0, 0.05) is 12.0 Å². The predicted molar refractivity (Wildman–Crippen MR) is 58.9 cm³/mol. The summed E-state index contributed by atoms with van der Waals surface area (Å²) < 4.78 is 0. The van der Waals surface area contributed by atoms with Crippen molar-refractivity contribution in [2.24, 2.45) is 17.8 Å². The summed E-state index contributed by atoms with van der Waals surface area (Å²) in [6.07, 6.45) is 3.72. The van der Waals surface area contributed by atoms with Crippen LogP contribution in [-0.2, 0) is 4.79 Å². The lowest BCUT2D eigenvalue weighted by Crippen LogP contribution is -2.40. The van der Waals surface area contributed by atoms with E-state index >= 15 is 0 Å². The molecule has 1 aliphatic rings. The third-order valence-corrected chi connectivity index (χ3v) is 3.28. The first-order chi connectivity index (χ1) is 6.52. The van der Waals surface area contributed by atoms with E-state index in [2.05, 4.69) is 19.2 Å². The van der Waals surface area contributed by atoms with E-state index in [-0.39, 0.29) is 11.8 Å². The minimum absolute atomic E-state index is 0.114. The number of carbonyl (C=O) groups excluding carboxylic acids is 1. The van der Waals surface area contributed by atoms with E-state index in [4.69, 9.17) is 0 Å². The van der Waals surface area contributed by atoms with Gasteiger partial charge in [-0.2, -0.15) is 0 Å². The van der Waals surface area contributed by atoms with Crippen LogP contribution in [0.25, 0.3) is 0 Å². The molecule has 0 aromatic carbocycles. The molecule has 1 saturated carbocycles. The third kappa shape index (κ3) is 2.73. The molecule has 0 heterocycles. The van der Waals surface area contributed by atoms with Gasteiger partial charge in [-0.3, -0.25) is 4.79 Å². The molecule has 2 unspecified atom stereocenters. The molecule has 2 heteroatoms. The molecule has 2 atom stereocenters. The first-order valence-corrected chi connectivity index (χ1v) is 5.82. The minimum atomic E-state index is 0.114. The molecule has 1 amide bonds. The highest BCUT2D eigenvalue weighted by atomic mass is 16.1. The summed E-state index contributed by atoms with van der Waals surface area (Å²) >= 11 is 0.